The number of aryl methyl sites for hydroxylation is 2. The molecular formula is C15H16FNO2S. The number of carbonyl (C=O) groups is 1. The Hall–Kier alpha value is -1.75. The van der Waals surface area contributed by atoms with Crippen LogP contribution >= 0.6 is 11.3 Å². The molecule has 0 aliphatic carbocycles. The summed E-state index contributed by atoms with van der Waals surface area (Å²) >= 11 is 1.56. The average molecular weight is 293 g/mol. The first-order valence-corrected chi connectivity index (χ1v) is 7.39. The number of hydrogen-bond acceptors (Lipinski definition) is 4. The van der Waals surface area contributed by atoms with E-state index in [0.717, 1.165) is 17.1 Å². The zero-order valence-corrected chi connectivity index (χ0v) is 12.1. The molecule has 0 saturated heterocycles. The molecule has 0 unspecified atom stereocenters. The quantitative estimate of drug-likeness (QED) is 0.765. The minimum Gasteiger partial charge on any atom is -0.459 e. The lowest BCUT2D eigenvalue weighted by molar-refractivity contribution is -0.145. The molecule has 2 aromatic rings. The molecule has 1 aromatic heterocycles. The summed E-state index contributed by atoms with van der Waals surface area (Å²) in [5.41, 5.74) is 1.30. The normalized spacial score (nSPS) is 10.5. The summed E-state index contributed by atoms with van der Waals surface area (Å²) in [5.74, 6) is -0.619. The maximum atomic E-state index is 13.4. The van der Waals surface area contributed by atoms with Crippen molar-refractivity contribution in [1.29, 1.82) is 0 Å². The van der Waals surface area contributed by atoms with Gasteiger partial charge in [0.05, 0.1) is 10.7 Å². The van der Waals surface area contributed by atoms with Gasteiger partial charge in [0.2, 0.25) is 0 Å². The van der Waals surface area contributed by atoms with Crippen LogP contribution in [0.5, 0.6) is 0 Å². The van der Waals surface area contributed by atoms with Gasteiger partial charge in [0.1, 0.15) is 12.4 Å². The molecule has 0 bridgehead atoms. The number of ether oxygens (including phenoxy) is 1. The Labute approximate surface area is 121 Å². The number of carbonyl (C=O) groups excluding carboxylic acids is 1. The van der Waals surface area contributed by atoms with Gasteiger partial charge in [-0.05, 0) is 24.5 Å². The Kier molecular flexibility index (Phi) is 5.24. The van der Waals surface area contributed by atoms with Gasteiger partial charge >= 0.3 is 5.97 Å². The highest BCUT2D eigenvalue weighted by Crippen LogP contribution is 2.12. The van der Waals surface area contributed by atoms with Crippen molar-refractivity contribution in [2.75, 3.05) is 0 Å². The second-order valence-electron chi connectivity index (χ2n) is 4.34. The predicted molar refractivity (Wildman–Crippen MR) is 76.0 cm³/mol. The van der Waals surface area contributed by atoms with E-state index in [1.807, 2.05) is 12.3 Å². The van der Waals surface area contributed by atoms with Crippen LogP contribution in [0.25, 0.3) is 0 Å². The number of thiazole rings is 1. The van der Waals surface area contributed by atoms with E-state index in [-0.39, 0.29) is 24.8 Å². The fraction of sp³-hybridized carbons (Fsp3) is 0.333. The van der Waals surface area contributed by atoms with E-state index in [0.29, 0.717) is 12.0 Å². The summed E-state index contributed by atoms with van der Waals surface area (Å²) in [6.07, 6.45) is 1.40. The van der Waals surface area contributed by atoms with Gasteiger partial charge in [-0.25, -0.2) is 9.37 Å². The van der Waals surface area contributed by atoms with Gasteiger partial charge in [-0.15, -0.1) is 11.3 Å². The van der Waals surface area contributed by atoms with Gasteiger partial charge in [-0.2, -0.15) is 0 Å². The minimum atomic E-state index is -0.334. The summed E-state index contributed by atoms with van der Waals surface area (Å²) in [6, 6.07) is 6.45. The molecule has 0 atom stereocenters. The number of esters is 1. The van der Waals surface area contributed by atoms with Crippen molar-refractivity contribution < 1.29 is 13.9 Å². The SMILES string of the molecule is CCc1nc(COC(=O)CCc2ccccc2F)cs1. The average Bonchev–Trinajstić information content (AvgIpc) is 2.92. The third kappa shape index (κ3) is 4.13. The van der Waals surface area contributed by atoms with Crippen LogP contribution in [0.4, 0.5) is 4.39 Å². The largest absolute Gasteiger partial charge is 0.459 e. The van der Waals surface area contributed by atoms with Gasteiger partial charge in [-0.3, -0.25) is 4.79 Å². The van der Waals surface area contributed by atoms with Crippen molar-refractivity contribution in [3.05, 3.63) is 51.7 Å². The topological polar surface area (TPSA) is 39.2 Å². The molecular weight excluding hydrogens is 277 g/mol. The number of aromatic nitrogens is 1. The first-order chi connectivity index (χ1) is 9.69. The van der Waals surface area contributed by atoms with Crippen molar-refractivity contribution >= 4 is 17.3 Å². The monoisotopic (exact) mass is 293 g/mol. The molecule has 2 rings (SSSR count). The van der Waals surface area contributed by atoms with Crippen LogP contribution in [0.1, 0.15) is 29.6 Å². The fourth-order valence-corrected chi connectivity index (χ4v) is 2.47. The van der Waals surface area contributed by atoms with Crippen molar-refractivity contribution in [2.24, 2.45) is 0 Å². The zero-order valence-electron chi connectivity index (χ0n) is 11.3. The van der Waals surface area contributed by atoms with Crippen molar-refractivity contribution in [3.63, 3.8) is 0 Å². The van der Waals surface area contributed by atoms with Gasteiger partial charge in [0.25, 0.3) is 0 Å². The standard InChI is InChI=1S/C15H16FNO2S/c1-2-14-17-12(10-20-14)9-19-15(18)8-7-11-5-3-4-6-13(11)16/h3-6,10H,2,7-9H2,1H3. The smallest absolute Gasteiger partial charge is 0.306 e. The number of nitrogens with zero attached hydrogens (tertiary/aromatic N) is 1. The lowest BCUT2D eigenvalue weighted by atomic mass is 10.1. The highest BCUT2D eigenvalue weighted by Gasteiger charge is 2.08. The number of rotatable bonds is 6. The van der Waals surface area contributed by atoms with Crippen molar-refractivity contribution in [2.45, 2.75) is 32.8 Å². The number of benzene rings is 1. The van der Waals surface area contributed by atoms with E-state index in [2.05, 4.69) is 4.98 Å². The molecule has 0 aliphatic heterocycles. The summed E-state index contributed by atoms with van der Waals surface area (Å²) in [5, 5.41) is 2.92. The third-order valence-corrected chi connectivity index (χ3v) is 3.88. The Morgan fingerprint density at radius 2 is 2.20 bits per heavy atom. The van der Waals surface area contributed by atoms with Gasteiger partial charge in [0, 0.05) is 11.8 Å². The molecule has 1 heterocycles. The molecule has 0 fully saturated rings. The van der Waals surface area contributed by atoms with Crippen LogP contribution in [0.15, 0.2) is 29.6 Å². The summed E-state index contributed by atoms with van der Waals surface area (Å²) in [7, 11) is 0. The summed E-state index contributed by atoms with van der Waals surface area (Å²) in [6.45, 7) is 2.22. The lowest BCUT2D eigenvalue weighted by Gasteiger charge is -2.04. The van der Waals surface area contributed by atoms with Gasteiger partial charge in [0.15, 0.2) is 0 Å². The van der Waals surface area contributed by atoms with Crippen LogP contribution < -0.4 is 0 Å². The third-order valence-electron chi connectivity index (χ3n) is 2.84. The molecule has 106 valence electrons. The van der Waals surface area contributed by atoms with E-state index >= 15 is 0 Å². The summed E-state index contributed by atoms with van der Waals surface area (Å²) < 4.78 is 18.5. The molecule has 3 nitrogen and oxygen atoms in total. The molecule has 0 spiro atoms. The minimum absolute atomic E-state index is 0.172. The molecule has 1 aromatic carbocycles. The van der Waals surface area contributed by atoms with Crippen molar-refractivity contribution in [3.8, 4) is 0 Å². The van der Waals surface area contributed by atoms with E-state index in [9.17, 15) is 9.18 Å². The number of halogens is 1. The molecule has 0 amide bonds. The Morgan fingerprint density at radius 1 is 1.40 bits per heavy atom. The second kappa shape index (κ2) is 7.14. The lowest BCUT2D eigenvalue weighted by Crippen LogP contribution is -2.06. The van der Waals surface area contributed by atoms with Crippen LogP contribution in [0.3, 0.4) is 0 Å². The highest BCUT2D eigenvalue weighted by atomic mass is 32.1. The Bertz CT molecular complexity index is 583. The van der Waals surface area contributed by atoms with Crippen LogP contribution in [-0.4, -0.2) is 11.0 Å². The van der Waals surface area contributed by atoms with E-state index < -0.39 is 0 Å². The van der Waals surface area contributed by atoms with E-state index in [4.69, 9.17) is 4.74 Å². The second-order valence-corrected chi connectivity index (χ2v) is 5.28. The Morgan fingerprint density at radius 3 is 2.90 bits per heavy atom. The molecule has 0 aliphatic rings. The van der Waals surface area contributed by atoms with Gasteiger partial charge < -0.3 is 4.74 Å². The first kappa shape index (κ1) is 14.7. The predicted octanol–water partition coefficient (Wildman–Crippen LogP) is 3.52. The van der Waals surface area contributed by atoms with E-state index in [1.54, 1.807) is 29.5 Å². The van der Waals surface area contributed by atoms with Crippen LogP contribution in [0.2, 0.25) is 0 Å². The van der Waals surface area contributed by atoms with Crippen molar-refractivity contribution in [1.82, 2.24) is 4.98 Å². The molecule has 20 heavy (non-hydrogen) atoms. The molecule has 0 radical (unpaired) electrons. The highest BCUT2D eigenvalue weighted by molar-refractivity contribution is 7.09. The maximum Gasteiger partial charge on any atom is 0.306 e. The zero-order chi connectivity index (χ0) is 14.4. The van der Waals surface area contributed by atoms with Crippen LogP contribution in [-0.2, 0) is 29.0 Å². The van der Waals surface area contributed by atoms with E-state index in [1.165, 1.54) is 6.07 Å². The number of hydrogen-bond donors (Lipinski definition) is 0. The maximum absolute atomic E-state index is 13.4. The van der Waals surface area contributed by atoms with Crippen LogP contribution in [0, 0.1) is 5.82 Å². The fourth-order valence-electron chi connectivity index (χ4n) is 1.74. The molecule has 0 saturated carbocycles. The Balaban J connectivity index is 1.77. The molecule has 0 N–H and O–H groups in total. The summed E-state index contributed by atoms with van der Waals surface area (Å²) in [4.78, 5) is 15.9. The first-order valence-electron chi connectivity index (χ1n) is 6.51. The van der Waals surface area contributed by atoms with Gasteiger partial charge in [-0.1, -0.05) is 25.1 Å². The molecule has 5 heteroatoms.